The van der Waals surface area contributed by atoms with Crippen LogP contribution in [0.1, 0.15) is 24.0 Å². The molecular formula is C12H22N2OS. The van der Waals surface area contributed by atoms with Crippen molar-refractivity contribution in [2.45, 2.75) is 32.4 Å². The molecule has 1 aromatic rings. The van der Waals surface area contributed by atoms with Crippen molar-refractivity contribution >= 4 is 11.3 Å². The van der Waals surface area contributed by atoms with Gasteiger partial charge in [0.25, 0.3) is 0 Å². The van der Waals surface area contributed by atoms with E-state index in [-0.39, 0.29) is 0 Å². The van der Waals surface area contributed by atoms with Gasteiger partial charge >= 0.3 is 0 Å². The molecule has 16 heavy (non-hydrogen) atoms. The number of aryl methyl sites for hydroxylation is 1. The second-order valence-corrected chi connectivity index (χ2v) is 4.79. The summed E-state index contributed by atoms with van der Waals surface area (Å²) in [4.78, 5) is 0. The largest absolute Gasteiger partial charge is 0.383 e. The summed E-state index contributed by atoms with van der Waals surface area (Å²) in [6, 6.07) is 0.410. The van der Waals surface area contributed by atoms with Gasteiger partial charge in [0.05, 0.1) is 6.61 Å². The fourth-order valence-electron chi connectivity index (χ4n) is 1.63. The van der Waals surface area contributed by atoms with Gasteiger partial charge in [-0.15, -0.1) is 0 Å². The average molecular weight is 242 g/mol. The van der Waals surface area contributed by atoms with E-state index in [4.69, 9.17) is 10.5 Å². The van der Waals surface area contributed by atoms with Crippen LogP contribution < -0.4 is 11.1 Å². The Kier molecular flexibility index (Phi) is 6.64. The van der Waals surface area contributed by atoms with Gasteiger partial charge < -0.3 is 15.8 Å². The number of rotatable bonds is 8. The van der Waals surface area contributed by atoms with E-state index in [1.54, 1.807) is 18.4 Å². The molecule has 1 aromatic heterocycles. The lowest BCUT2D eigenvalue weighted by Crippen LogP contribution is -2.33. The Morgan fingerprint density at radius 1 is 1.50 bits per heavy atom. The van der Waals surface area contributed by atoms with Gasteiger partial charge in [0, 0.05) is 19.7 Å². The number of ether oxygens (including phenoxy) is 1. The summed E-state index contributed by atoms with van der Waals surface area (Å²) in [5.74, 6) is 0. The van der Waals surface area contributed by atoms with Crippen LogP contribution in [0.3, 0.4) is 0 Å². The Hall–Kier alpha value is -0.420. The molecule has 1 rings (SSSR count). The molecule has 0 bridgehead atoms. The van der Waals surface area contributed by atoms with Crippen molar-refractivity contribution in [2.24, 2.45) is 5.73 Å². The van der Waals surface area contributed by atoms with E-state index >= 15 is 0 Å². The van der Waals surface area contributed by atoms with Gasteiger partial charge in [0.2, 0.25) is 0 Å². The predicted octanol–water partition coefficient (Wildman–Crippen LogP) is 1.90. The normalized spacial score (nSPS) is 12.9. The third-order valence-electron chi connectivity index (χ3n) is 2.67. The third-order valence-corrected chi connectivity index (χ3v) is 3.58. The Balaban J connectivity index is 2.34. The zero-order valence-corrected chi connectivity index (χ0v) is 11.0. The van der Waals surface area contributed by atoms with Crippen LogP contribution >= 0.6 is 11.3 Å². The topological polar surface area (TPSA) is 47.3 Å². The highest BCUT2D eigenvalue weighted by atomic mass is 32.1. The summed E-state index contributed by atoms with van der Waals surface area (Å²) in [5.41, 5.74) is 8.28. The molecule has 1 unspecified atom stereocenters. The first-order valence-electron chi connectivity index (χ1n) is 5.72. The van der Waals surface area contributed by atoms with Crippen molar-refractivity contribution in [2.75, 3.05) is 20.3 Å². The minimum Gasteiger partial charge on any atom is -0.383 e. The SMILES string of the molecule is COCC(CCCN)NCc1cscc1C. The molecule has 0 fully saturated rings. The molecule has 0 aliphatic heterocycles. The van der Waals surface area contributed by atoms with E-state index in [0.717, 1.165) is 32.5 Å². The highest BCUT2D eigenvalue weighted by molar-refractivity contribution is 7.08. The molecule has 1 heterocycles. The molecule has 0 aliphatic rings. The van der Waals surface area contributed by atoms with Gasteiger partial charge in [-0.25, -0.2) is 0 Å². The van der Waals surface area contributed by atoms with Gasteiger partial charge in [-0.05, 0) is 48.2 Å². The molecule has 0 saturated heterocycles. The monoisotopic (exact) mass is 242 g/mol. The quantitative estimate of drug-likeness (QED) is 0.732. The Morgan fingerprint density at radius 2 is 2.31 bits per heavy atom. The van der Waals surface area contributed by atoms with E-state index in [2.05, 4.69) is 23.0 Å². The highest BCUT2D eigenvalue weighted by Crippen LogP contribution is 2.13. The van der Waals surface area contributed by atoms with Gasteiger partial charge in [-0.3, -0.25) is 0 Å². The number of hydrogen-bond donors (Lipinski definition) is 2. The maximum atomic E-state index is 5.52. The van der Waals surface area contributed by atoms with Crippen molar-refractivity contribution in [3.8, 4) is 0 Å². The van der Waals surface area contributed by atoms with Gasteiger partial charge in [-0.2, -0.15) is 11.3 Å². The molecule has 3 nitrogen and oxygen atoms in total. The highest BCUT2D eigenvalue weighted by Gasteiger charge is 2.08. The first kappa shape index (κ1) is 13.6. The summed E-state index contributed by atoms with van der Waals surface area (Å²) < 4.78 is 5.20. The van der Waals surface area contributed by atoms with Crippen molar-refractivity contribution in [3.05, 3.63) is 21.9 Å². The summed E-state index contributed by atoms with van der Waals surface area (Å²) >= 11 is 1.76. The Bertz CT molecular complexity index is 288. The van der Waals surface area contributed by atoms with Crippen LogP contribution in [0.5, 0.6) is 0 Å². The van der Waals surface area contributed by atoms with Crippen molar-refractivity contribution in [3.63, 3.8) is 0 Å². The minimum atomic E-state index is 0.410. The van der Waals surface area contributed by atoms with Crippen LogP contribution in [0, 0.1) is 6.92 Å². The second-order valence-electron chi connectivity index (χ2n) is 4.04. The lowest BCUT2D eigenvalue weighted by Gasteiger charge is -2.17. The van der Waals surface area contributed by atoms with Gasteiger partial charge in [-0.1, -0.05) is 0 Å². The molecule has 3 N–H and O–H groups in total. The molecule has 4 heteroatoms. The lowest BCUT2D eigenvalue weighted by atomic mass is 10.1. The average Bonchev–Trinajstić information content (AvgIpc) is 2.68. The van der Waals surface area contributed by atoms with E-state index in [0.29, 0.717) is 6.04 Å². The van der Waals surface area contributed by atoms with E-state index in [1.165, 1.54) is 11.1 Å². The number of nitrogens with one attached hydrogen (secondary N) is 1. The van der Waals surface area contributed by atoms with Crippen LogP contribution in [0.25, 0.3) is 0 Å². The minimum absolute atomic E-state index is 0.410. The maximum absolute atomic E-state index is 5.52. The van der Waals surface area contributed by atoms with Gasteiger partial charge in [0.15, 0.2) is 0 Å². The van der Waals surface area contributed by atoms with E-state index < -0.39 is 0 Å². The van der Waals surface area contributed by atoms with Crippen LogP contribution in [-0.2, 0) is 11.3 Å². The summed E-state index contributed by atoms with van der Waals surface area (Å²) in [5, 5.41) is 7.91. The summed E-state index contributed by atoms with van der Waals surface area (Å²) in [6.07, 6.45) is 2.12. The number of methoxy groups -OCH3 is 1. The van der Waals surface area contributed by atoms with Crippen molar-refractivity contribution in [1.29, 1.82) is 0 Å². The Morgan fingerprint density at radius 3 is 2.88 bits per heavy atom. The van der Waals surface area contributed by atoms with E-state index in [1.807, 2.05) is 0 Å². The Labute approximate surface area is 102 Å². The predicted molar refractivity (Wildman–Crippen MR) is 69.8 cm³/mol. The first-order valence-corrected chi connectivity index (χ1v) is 6.66. The molecule has 0 radical (unpaired) electrons. The zero-order chi connectivity index (χ0) is 11.8. The van der Waals surface area contributed by atoms with Crippen LogP contribution in [0.15, 0.2) is 10.8 Å². The fourth-order valence-corrected chi connectivity index (χ4v) is 2.49. The lowest BCUT2D eigenvalue weighted by molar-refractivity contribution is 0.161. The zero-order valence-electron chi connectivity index (χ0n) is 10.2. The summed E-state index contributed by atoms with van der Waals surface area (Å²) in [6.45, 7) is 4.58. The van der Waals surface area contributed by atoms with Crippen molar-refractivity contribution < 1.29 is 4.74 Å². The molecule has 0 saturated carbocycles. The van der Waals surface area contributed by atoms with Crippen molar-refractivity contribution in [1.82, 2.24) is 5.32 Å². The van der Waals surface area contributed by atoms with Crippen LogP contribution in [-0.4, -0.2) is 26.3 Å². The number of hydrogen-bond acceptors (Lipinski definition) is 4. The summed E-state index contributed by atoms with van der Waals surface area (Å²) in [7, 11) is 1.74. The number of thiophene rings is 1. The molecule has 0 aliphatic carbocycles. The van der Waals surface area contributed by atoms with Crippen LogP contribution in [0.4, 0.5) is 0 Å². The molecule has 0 spiro atoms. The maximum Gasteiger partial charge on any atom is 0.0615 e. The number of nitrogens with two attached hydrogens (primary N) is 1. The third kappa shape index (κ3) is 4.61. The molecular weight excluding hydrogens is 220 g/mol. The standard InChI is InChI=1S/C12H22N2OS/c1-10-8-16-9-11(10)6-14-12(7-15-2)4-3-5-13/h8-9,12,14H,3-7,13H2,1-2H3. The fraction of sp³-hybridized carbons (Fsp3) is 0.667. The smallest absolute Gasteiger partial charge is 0.0615 e. The first-order chi connectivity index (χ1) is 7.77. The molecule has 0 aromatic carbocycles. The molecule has 92 valence electrons. The molecule has 1 atom stereocenters. The van der Waals surface area contributed by atoms with E-state index in [9.17, 15) is 0 Å². The molecule has 0 amide bonds. The second kappa shape index (κ2) is 7.79. The van der Waals surface area contributed by atoms with Gasteiger partial charge in [0.1, 0.15) is 0 Å². The van der Waals surface area contributed by atoms with Crippen LogP contribution in [0.2, 0.25) is 0 Å².